The number of aromatic nitrogens is 4. The Balaban J connectivity index is 1.99. The van der Waals surface area contributed by atoms with Crippen LogP contribution in [0.3, 0.4) is 0 Å². The summed E-state index contributed by atoms with van der Waals surface area (Å²) >= 11 is 0. The second kappa shape index (κ2) is 7.07. The number of nitrogens with zero attached hydrogens (tertiary/aromatic N) is 5. The smallest absolute Gasteiger partial charge is 0.299 e. The Kier molecular flexibility index (Phi) is 4.66. The van der Waals surface area contributed by atoms with Gasteiger partial charge in [0.1, 0.15) is 0 Å². The highest BCUT2D eigenvalue weighted by atomic mass is 16.6. The second-order valence-corrected chi connectivity index (χ2v) is 5.55. The van der Waals surface area contributed by atoms with E-state index in [0.29, 0.717) is 5.56 Å². The van der Waals surface area contributed by atoms with Crippen LogP contribution >= 0.6 is 0 Å². The molecule has 3 rings (SSSR count). The second-order valence-electron chi connectivity index (χ2n) is 5.55. The molecule has 2 N–H and O–H groups in total. The summed E-state index contributed by atoms with van der Waals surface area (Å²) in [5.41, 5.74) is 2.39. The lowest BCUT2D eigenvalue weighted by Crippen LogP contribution is -2.29. The van der Waals surface area contributed by atoms with Crippen LogP contribution in [0.25, 0.3) is 11.2 Å². The Morgan fingerprint density at radius 2 is 2.22 bits per heavy atom. The van der Waals surface area contributed by atoms with Crippen molar-refractivity contribution in [3.05, 3.63) is 73.4 Å². The summed E-state index contributed by atoms with van der Waals surface area (Å²) in [4.78, 5) is 40.7. The Morgan fingerprint density at radius 1 is 1.44 bits per heavy atom. The molecule has 3 aromatic rings. The number of aryl methyl sites for hydroxylation is 1. The fourth-order valence-corrected chi connectivity index (χ4v) is 2.51. The van der Waals surface area contributed by atoms with Crippen molar-refractivity contribution in [1.82, 2.24) is 19.1 Å². The molecule has 0 aliphatic carbocycles. The van der Waals surface area contributed by atoms with E-state index in [0.717, 1.165) is 0 Å². The third-order valence-corrected chi connectivity index (χ3v) is 3.78. The number of nitro groups is 1. The first kappa shape index (κ1) is 17.8. The van der Waals surface area contributed by atoms with Crippen LogP contribution in [0.1, 0.15) is 5.56 Å². The van der Waals surface area contributed by atoms with Gasteiger partial charge < -0.3 is 0 Å². The van der Waals surface area contributed by atoms with E-state index in [1.165, 1.54) is 34.5 Å². The van der Waals surface area contributed by atoms with E-state index >= 15 is 0 Å². The SMILES string of the molecule is C=CCn1c(N/N=C/c2cccc([N+](=O)[O-])c2)nc2c1c(=O)[nH]c(=O)n2C. The number of nitrogens with one attached hydrogen (secondary N) is 2. The van der Waals surface area contributed by atoms with Gasteiger partial charge in [-0.05, 0) is 0 Å². The number of anilines is 1. The summed E-state index contributed by atoms with van der Waals surface area (Å²) in [6.45, 7) is 3.90. The predicted molar refractivity (Wildman–Crippen MR) is 100 cm³/mol. The van der Waals surface area contributed by atoms with Crippen molar-refractivity contribution in [2.45, 2.75) is 6.54 Å². The average molecular weight is 369 g/mol. The van der Waals surface area contributed by atoms with Crippen molar-refractivity contribution in [1.29, 1.82) is 0 Å². The highest BCUT2D eigenvalue weighted by Gasteiger charge is 2.16. The molecule has 0 spiro atoms. The molecule has 0 radical (unpaired) electrons. The number of benzene rings is 1. The van der Waals surface area contributed by atoms with Crippen molar-refractivity contribution >= 4 is 29.0 Å². The molecule has 0 bridgehead atoms. The van der Waals surface area contributed by atoms with Crippen LogP contribution in [-0.4, -0.2) is 30.2 Å². The van der Waals surface area contributed by atoms with E-state index < -0.39 is 16.2 Å². The monoisotopic (exact) mass is 369 g/mol. The van der Waals surface area contributed by atoms with Gasteiger partial charge in [0.25, 0.3) is 11.2 Å². The highest BCUT2D eigenvalue weighted by Crippen LogP contribution is 2.16. The van der Waals surface area contributed by atoms with Gasteiger partial charge in [0.05, 0.1) is 11.1 Å². The average Bonchev–Trinajstić information content (AvgIpc) is 2.99. The van der Waals surface area contributed by atoms with Crippen molar-refractivity contribution in [2.75, 3.05) is 5.43 Å². The molecule has 0 aliphatic heterocycles. The predicted octanol–water partition coefficient (Wildman–Crippen LogP) is 0.963. The number of non-ortho nitro benzene ring substituents is 1. The number of H-pyrrole nitrogens is 1. The van der Waals surface area contributed by atoms with Crippen LogP contribution in [0.5, 0.6) is 0 Å². The topological polar surface area (TPSA) is 140 Å². The molecule has 0 saturated heterocycles. The molecule has 0 amide bonds. The maximum atomic E-state index is 12.2. The largest absolute Gasteiger partial charge is 0.329 e. The van der Waals surface area contributed by atoms with Crippen molar-refractivity contribution < 1.29 is 4.92 Å². The van der Waals surface area contributed by atoms with Crippen molar-refractivity contribution in [3.63, 3.8) is 0 Å². The molecule has 0 aliphatic rings. The Morgan fingerprint density at radius 3 is 2.93 bits per heavy atom. The molecule has 11 nitrogen and oxygen atoms in total. The van der Waals surface area contributed by atoms with E-state index in [9.17, 15) is 19.7 Å². The molecular formula is C16H15N7O4. The van der Waals surface area contributed by atoms with E-state index in [2.05, 4.69) is 27.1 Å². The first-order valence-corrected chi connectivity index (χ1v) is 7.76. The Hall–Kier alpha value is -4.02. The van der Waals surface area contributed by atoms with E-state index in [4.69, 9.17) is 0 Å². The van der Waals surface area contributed by atoms with Crippen LogP contribution in [0.4, 0.5) is 11.6 Å². The molecule has 2 aromatic heterocycles. The fraction of sp³-hybridized carbons (Fsp3) is 0.125. The van der Waals surface area contributed by atoms with Crippen LogP contribution in [0, 0.1) is 10.1 Å². The maximum absolute atomic E-state index is 12.2. The molecule has 27 heavy (non-hydrogen) atoms. The van der Waals surface area contributed by atoms with Gasteiger partial charge in [-0.1, -0.05) is 18.2 Å². The third-order valence-electron chi connectivity index (χ3n) is 3.78. The number of allylic oxidation sites excluding steroid dienone is 1. The summed E-state index contributed by atoms with van der Waals surface area (Å²) in [6, 6.07) is 5.94. The lowest BCUT2D eigenvalue weighted by molar-refractivity contribution is -0.384. The molecule has 0 unspecified atom stereocenters. The van der Waals surface area contributed by atoms with E-state index in [1.807, 2.05) is 0 Å². The Labute approximate surface area is 151 Å². The van der Waals surface area contributed by atoms with Crippen molar-refractivity contribution in [3.8, 4) is 0 Å². The van der Waals surface area contributed by atoms with E-state index in [-0.39, 0.29) is 29.3 Å². The van der Waals surface area contributed by atoms with Crippen LogP contribution in [0.2, 0.25) is 0 Å². The zero-order valence-electron chi connectivity index (χ0n) is 14.2. The maximum Gasteiger partial charge on any atom is 0.329 e. The Bertz CT molecular complexity index is 1190. The standard InChI is InChI=1S/C16H15N7O4/c1-3-7-22-12-13(21(2)16(25)19-14(12)24)18-15(22)20-17-9-10-5-4-6-11(8-10)23(26)27/h3-6,8-9H,1,7H2,2H3,(H,18,20)(H,19,24,25)/b17-9+. The quantitative estimate of drug-likeness (QED) is 0.287. The highest BCUT2D eigenvalue weighted by molar-refractivity contribution is 5.81. The molecule has 0 saturated carbocycles. The zero-order chi connectivity index (χ0) is 19.6. The molecule has 11 heteroatoms. The summed E-state index contributed by atoms with van der Waals surface area (Å²) in [5, 5.41) is 14.8. The van der Waals surface area contributed by atoms with E-state index in [1.54, 1.807) is 18.2 Å². The molecule has 138 valence electrons. The molecule has 0 fully saturated rings. The van der Waals surface area contributed by atoms with Gasteiger partial charge in [0.15, 0.2) is 11.2 Å². The number of imidazole rings is 1. The van der Waals surface area contributed by atoms with Gasteiger partial charge in [-0.2, -0.15) is 10.1 Å². The number of fused-ring (bicyclic) bond motifs is 1. The van der Waals surface area contributed by atoms with Crippen LogP contribution < -0.4 is 16.7 Å². The van der Waals surface area contributed by atoms with Crippen LogP contribution in [0.15, 0.2) is 51.6 Å². The third kappa shape index (κ3) is 3.38. The first-order valence-electron chi connectivity index (χ1n) is 7.76. The number of hydrogen-bond donors (Lipinski definition) is 2. The first-order chi connectivity index (χ1) is 12.9. The molecular weight excluding hydrogens is 354 g/mol. The summed E-state index contributed by atoms with van der Waals surface area (Å²) < 4.78 is 2.73. The molecule has 0 atom stereocenters. The number of aromatic amines is 1. The lowest BCUT2D eigenvalue weighted by atomic mass is 10.2. The lowest BCUT2D eigenvalue weighted by Gasteiger charge is -2.04. The minimum Gasteiger partial charge on any atom is -0.299 e. The number of nitro benzene ring substituents is 1. The summed E-state index contributed by atoms with van der Waals surface area (Å²) in [5.74, 6) is 0.221. The van der Waals surface area contributed by atoms with Gasteiger partial charge >= 0.3 is 5.69 Å². The zero-order valence-corrected chi connectivity index (χ0v) is 14.2. The van der Waals surface area contributed by atoms with Gasteiger partial charge in [0.2, 0.25) is 5.95 Å². The fourth-order valence-electron chi connectivity index (χ4n) is 2.51. The molecule has 2 heterocycles. The number of rotatable bonds is 6. The van der Waals surface area contributed by atoms with Gasteiger partial charge in [0, 0.05) is 31.3 Å². The van der Waals surface area contributed by atoms with Crippen LogP contribution in [-0.2, 0) is 13.6 Å². The normalized spacial score (nSPS) is 11.1. The van der Waals surface area contributed by atoms with Crippen molar-refractivity contribution in [2.24, 2.45) is 12.1 Å². The molecule has 1 aromatic carbocycles. The summed E-state index contributed by atoms with van der Waals surface area (Å²) in [6.07, 6.45) is 2.95. The minimum absolute atomic E-state index is 0.0561. The minimum atomic E-state index is -0.581. The van der Waals surface area contributed by atoms with Gasteiger partial charge in [-0.15, -0.1) is 6.58 Å². The van der Waals surface area contributed by atoms with Gasteiger partial charge in [-0.25, -0.2) is 10.2 Å². The van der Waals surface area contributed by atoms with Gasteiger partial charge in [-0.3, -0.25) is 29.0 Å². The summed E-state index contributed by atoms with van der Waals surface area (Å²) in [7, 11) is 1.49. The number of hydrazone groups is 1. The number of hydrogen-bond acceptors (Lipinski definition) is 7.